The Balaban J connectivity index is 1.74. The molecular formula is C19H14F2N2O4S. The number of ether oxygens (including phenoxy) is 1. The van der Waals surface area contributed by atoms with Gasteiger partial charge in [-0.1, -0.05) is 6.07 Å². The molecular weight excluding hydrogens is 390 g/mol. The van der Waals surface area contributed by atoms with Gasteiger partial charge in [0.1, 0.15) is 22.4 Å². The van der Waals surface area contributed by atoms with Crippen molar-refractivity contribution >= 4 is 39.1 Å². The first-order valence-corrected chi connectivity index (χ1v) is 9.18. The zero-order chi connectivity index (χ0) is 20.0. The number of fused-ring (bicyclic) bond motifs is 2. The lowest BCUT2D eigenvalue weighted by atomic mass is 10.1. The van der Waals surface area contributed by atoms with Crippen LogP contribution in [-0.2, 0) is 16.1 Å². The molecule has 2 aromatic carbocycles. The monoisotopic (exact) mass is 404 g/mol. The molecule has 0 bridgehead atoms. The number of rotatable bonds is 4. The number of amides is 1. The topological polar surface area (TPSA) is 79.7 Å². The summed E-state index contributed by atoms with van der Waals surface area (Å²) in [5, 5.41) is 9.46. The van der Waals surface area contributed by atoms with Gasteiger partial charge in [-0.05, 0) is 24.6 Å². The average molecular weight is 404 g/mol. The van der Waals surface area contributed by atoms with E-state index in [-0.39, 0.29) is 16.8 Å². The Bertz CT molecular complexity index is 1110. The van der Waals surface area contributed by atoms with Gasteiger partial charge in [-0.3, -0.25) is 14.5 Å². The minimum Gasteiger partial charge on any atom is -0.481 e. The van der Waals surface area contributed by atoms with Crippen molar-refractivity contribution in [3.8, 4) is 5.75 Å². The Morgan fingerprint density at radius 1 is 1.32 bits per heavy atom. The van der Waals surface area contributed by atoms with Gasteiger partial charge in [-0.15, -0.1) is 11.3 Å². The number of halogens is 2. The highest BCUT2D eigenvalue weighted by molar-refractivity contribution is 7.18. The van der Waals surface area contributed by atoms with Crippen LogP contribution in [0.15, 0.2) is 30.3 Å². The summed E-state index contributed by atoms with van der Waals surface area (Å²) in [5.74, 6) is -2.74. The fraction of sp³-hybridized carbons (Fsp3) is 0.211. The summed E-state index contributed by atoms with van der Waals surface area (Å²) in [4.78, 5) is 29.6. The molecule has 28 heavy (non-hydrogen) atoms. The van der Waals surface area contributed by atoms with E-state index >= 15 is 0 Å². The van der Waals surface area contributed by atoms with Crippen molar-refractivity contribution in [2.75, 3.05) is 4.90 Å². The molecule has 1 N–H and O–H groups in total. The molecule has 1 amide bonds. The second kappa shape index (κ2) is 6.83. The first kappa shape index (κ1) is 18.3. The first-order chi connectivity index (χ1) is 13.3. The van der Waals surface area contributed by atoms with E-state index in [9.17, 15) is 18.4 Å². The molecule has 2 heterocycles. The Kier molecular flexibility index (Phi) is 4.46. The van der Waals surface area contributed by atoms with E-state index in [0.29, 0.717) is 16.4 Å². The number of anilines is 1. The zero-order valence-corrected chi connectivity index (χ0v) is 15.4. The number of thiazole rings is 1. The molecule has 0 spiro atoms. The van der Waals surface area contributed by atoms with Crippen LogP contribution in [0.5, 0.6) is 5.75 Å². The van der Waals surface area contributed by atoms with Crippen LogP contribution in [0.4, 0.5) is 14.5 Å². The van der Waals surface area contributed by atoms with Gasteiger partial charge in [-0.2, -0.15) is 0 Å². The van der Waals surface area contributed by atoms with Crippen LogP contribution >= 0.6 is 11.3 Å². The van der Waals surface area contributed by atoms with Crippen molar-refractivity contribution in [2.24, 2.45) is 0 Å². The van der Waals surface area contributed by atoms with E-state index in [1.807, 2.05) is 6.92 Å². The van der Waals surface area contributed by atoms with Crippen LogP contribution in [0, 0.1) is 18.6 Å². The maximum atomic E-state index is 14.0. The van der Waals surface area contributed by atoms with E-state index in [0.717, 1.165) is 29.0 Å². The molecule has 144 valence electrons. The first-order valence-electron chi connectivity index (χ1n) is 8.37. The molecule has 1 atom stereocenters. The second-order valence-electron chi connectivity index (χ2n) is 6.44. The number of carbonyl (C=O) groups is 2. The van der Waals surface area contributed by atoms with Crippen molar-refractivity contribution in [1.29, 1.82) is 0 Å². The number of carbonyl (C=O) groups excluding carboxylic acids is 1. The third-order valence-corrected chi connectivity index (χ3v) is 5.39. The van der Waals surface area contributed by atoms with Crippen molar-refractivity contribution in [3.63, 3.8) is 0 Å². The minimum atomic E-state index is -1.17. The molecule has 1 aliphatic heterocycles. The predicted octanol–water partition coefficient (Wildman–Crippen LogP) is 3.65. The molecule has 1 unspecified atom stereocenters. The number of aliphatic carboxylic acids is 1. The smallest absolute Gasteiger partial charge is 0.307 e. The van der Waals surface area contributed by atoms with Gasteiger partial charge in [0, 0.05) is 12.1 Å². The summed E-state index contributed by atoms with van der Waals surface area (Å²) in [6, 6.07) is 7.13. The molecule has 1 aromatic heterocycles. The molecule has 0 radical (unpaired) electrons. The molecule has 1 aliphatic rings. The van der Waals surface area contributed by atoms with Crippen LogP contribution in [0.25, 0.3) is 10.2 Å². The summed E-state index contributed by atoms with van der Waals surface area (Å²) in [6.45, 7) is 1.84. The molecule has 0 aliphatic carbocycles. The van der Waals surface area contributed by atoms with E-state index in [2.05, 4.69) is 4.98 Å². The quantitative estimate of drug-likeness (QED) is 0.718. The lowest BCUT2D eigenvalue weighted by Gasteiger charge is -2.33. The lowest BCUT2D eigenvalue weighted by molar-refractivity contribution is -0.142. The fourth-order valence-corrected chi connectivity index (χ4v) is 4.03. The number of hydrogen-bond donors (Lipinski definition) is 1. The molecule has 0 saturated carbocycles. The second-order valence-corrected chi connectivity index (χ2v) is 7.53. The van der Waals surface area contributed by atoms with Crippen LogP contribution in [0.3, 0.4) is 0 Å². The molecule has 6 nitrogen and oxygen atoms in total. The highest BCUT2D eigenvalue weighted by Crippen LogP contribution is 2.37. The highest BCUT2D eigenvalue weighted by Gasteiger charge is 2.36. The third kappa shape index (κ3) is 3.29. The molecule has 4 rings (SSSR count). The fourth-order valence-electron chi connectivity index (χ4n) is 3.09. The minimum absolute atomic E-state index is 0.00479. The Labute approximate surface area is 162 Å². The summed E-state index contributed by atoms with van der Waals surface area (Å²) < 4.78 is 33.2. The van der Waals surface area contributed by atoms with Gasteiger partial charge in [0.25, 0.3) is 5.91 Å². The SMILES string of the molecule is Cc1ccc2c(c1)N(Cc1nc3cc(F)cc(F)c3s1)C(=O)C(CC(=O)O)O2. The van der Waals surface area contributed by atoms with Gasteiger partial charge < -0.3 is 9.84 Å². The molecule has 3 aromatic rings. The van der Waals surface area contributed by atoms with Crippen molar-refractivity contribution in [2.45, 2.75) is 26.0 Å². The lowest BCUT2D eigenvalue weighted by Crippen LogP contribution is -2.46. The van der Waals surface area contributed by atoms with Crippen molar-refractivity contribution < 1.29 is 28.2 Å². The Morgan fingerprint density at radius 3 is 2.86 bits per heavy atom. The number of carboxylic acids is 1. The number of nitrogens with zero attached hydrogens (tertiary/aromatic N) is 2. The molecule has 0 saturated heterocycles. The van der Waals surface area contributed by atoms with Gasteiger partial charge in [0.15, 0.2) is 6.10 Å². The summed E-state index contributed by atoms with van der Waals surface area (Å²) in [6.07, 6.45) is -1.65. The van der Waals surface area contributed by atoms with Crippen LogP contribution < -0.4 is 9.64 Å². The Morgan fingerprint density at radius 2 is 2.11 bits per heavy atom. The third-order valence-electron chi connectivity index (χ3n) is 4.32. The number of carboxylic acid groups (broad SMARTS) is 1. The zero-order valence-electron chi connectivity index (χ0n) is 14.6. The predicted molar refractivity (Wildman–Crippen MR) is 98.6 cm³/mol. The van der Waals surface area contributed by atoms with Crippen molar-refractivity contribution in [3.05, 3.63) is 52.5 Å². The molecule has 9 heteroatoms. The van der Waals surface area contributed by atoms with Gasteiger partial charge >= 0.3 is 5.97 Å². The highest BCUT2D eigenvalue weighted by atomic mass is 32.1. The normalized spacial score (nSPS) is 16.2. The number of aryl methyl sites for hydroxylation is 1. The number of aromatic nitrogens is 1. The Hall–Kier alpha value is -3.07. The summed E-state index contributed by atoms with van der Waals surface area (Å²) in [5.41, 5.74) is 1.54. The molecule has 0 fully saturated rings. The van der Waals surface area contributed by atoms with Gasteiger partial charge in [0.05, 0.1) is 28.9 Å². The van der Waals surface area contributed by atoms with Gasteiger partial charge in [0.2, 0.25) is 0 Å². The summed E-state index contributed by atoms with van der Waals surface area (Å²) >= 11 is 1.02. The van der Waals surface area contributed by atoms with Crippen molar-refractivity contribution in [1.82, 2.24) is 4.98 Å². The largest absolute Gasteiger partial charge is 0.481 e. The van der Waals surface area contributed by atoms with Crippen LogP contribution in [0.2, 0.25) is 0 Å². The van der Waals surface area contributed by atoms with Crippen LogP contribution in [-0.4, -0.2) is 28.1 Å². The maximum Gasteiger partial charge on any atom is 0.307 e. The average Bonchev–Trinajstić information content (AvgIpc) is 3.01. The van der Waals surface area contributed by atoms with E-state index < -0.39 is 36.0 Å². The summed E-state index contributed by atoms with van der Waals surface area (Å²) in [7, 11) is 0. The van der Waals surface area contributed by atoms with E-state index in [4.69, 9.17) is 9.84 Å². The van der Waals surface area contributed by atoms with Gasteiger partial charge in [-0.25, -0.2) is 13.8 Å². The number of hydrogen-bond acceptors (Lipinski definition) is 5. The van der Waals surface area contributed by atoms with Crippen LogP contribution in [0.1, 0.15) is 17.0 Å². The standard InChI is InChI=1S/C19H14F2N2O4S/c1-9-2-3-14-13(4-9)23(19(26)15(27-14)7-17(24)25)8-16-22-12-6-10(20)5-11(21)18(12)28-16/h2-6,15H,7-8H2,1H3,(H,24,25). The van der Waals surface area contributed by atoms with E-state index in [1.54, 1.807) is 18.2 Å². The van der Waals surface area contributed by atoms with E-state index in [1.165, 1.54) is 4.90 Å². The number of benzene rings is 2. The maximum absolute atomic E-state index is 14.0.